The lowest BCUT2D eigenvalue weighted by molar-refractivity contribution is -0.146. The number of hydrogen-bond donors (Lipinski definition) is 1. The molecule has 1 fully saturated rings. The van der Waals surface area contributed by atoms with Crippen molar-refractivity contribution in [1.29, 1.82) is 0 Å². The molecule has 1 N–H and O–H groups in total. The van der Waals surface area contributed by atoms with Gasteiger partial charge in [0.25, 0.3) is 0 Å². The van der Waals surface area contributed by atoms with Crippen molar-refractivity contribution >= 4 is 35.0 Å². The molecule has 1 aliphatic heterocycles. The fourth-order valence-corrected chi connectivity index (χ4v) is 2.54. The summed E-state index contributed by atoms with van der Waals surface area (Å²) in [6.45, 7) is 2.20. The predicted molar refractivity (Wildman–Crippen MR) is 74.1 cm³/mol. The first kappa shape index (κ1) is 14.2. The smallest absolute Gasteiger partial charge is 0.243 e. The van der Waals surface area contributed by atoms with Crippen molar-refractivity contribution < 1.29 is 9.59 Å². The van der Waals surface area contributed by atoms with E-state index in [1.165, 1.54) is 0 Å². The fraction of sp³-hybridized carbons (Fsp3) is 0.385. The van der Waals surface area contributed by atoms with Crippen LogP contribution in [-0.4, -0.2) is 29.3 Å². The summed E-state index contributed by atoms with van der Waals surface area (Å²) in [4.78, 5) is 25.3. The van der Waals surface area contributed by atoms with Gasteiger partial charge in [0.2, 0.25) is 11.8 Å². The second kappa shape index (κ2) is 5.80. The Morgan fingerprint density at radius 1 is 1.37 bits per heavy atom. The first-order chi connectivity index (χ1) is 9.04. The van der Waals surface area contributed by atoms with Crippen LogP contribution in [0.15, 0.2) is 18.2 Å². The highest BCUT2D eigenvalue weighted by molar-refractivity contribution is 6.42. The highest BCUT2D eigenvalue weighted by Crippen LogP contribution is 2.27. The van der Waals surface area contributed by atoms with Gasteiger partial charge in [0.05, 0.1) is 16.6 Å². The Bertz CT molecular complexity index is 519. The van der Waals surface area contributed by atoms with Gasteiger partial charge in [0.1, 0.15) is 6.04 Å². The number of benzene rings is 1. The number of nitrogens with one attached hydrogen (secondary N) is 1. The summed E-state index contributed by atoms with van der Waals surface area (Å²) in [7, 11) is 0. The van der Waals surface area contributed by atoms with E-state index in [2.05, 4.69) is 5.32 Å². The minimum Gasteiger partial charge on any atom is -0.345 e. The maximum Gasteiger partial charge on any atom is 0.243 e. The lowest BCUT2D eigenvalue weighted by atomic mass is 10.1. The number of carbonyl (C=O) groups is 2. The molecule has 6 heteroatoms. The predicted octanol–water partition coefficient (Wildman–Crippen LogP) is 2.23. The third kappa shape index (κ3) is 2.85. The van der Waals surface area contributed by atoms with E-state index >= 15 is 0 Å². The monoisotopic (exact) mass is 300 g/mol. The Hall–Kier alpha value is -1.26. The highest BCUT2D eigenvalue weighted by atomic mass is 35.5. The number of hydrogen-bond acceptors (Lipinski definition) is 2. The van der Waals surface area contributed by atoms with Gasteiger partial charge >= 0.3 is 0 Å². The van der Waals surface area contributed by atoms with Crippen LogP contribution in [0.25, 0.3) is 0 Å². The summed E-state index contributed by atoms with van der Waals surface area (Å²) in [6.07, 6.45) is 0.565. The van der Waals surface area contributed by atoms with E-state index in [0.717, 1.165) is 5.56 Å². The van der Waals surface area contributed by atoms with Gasteiger partial charge in [-0.15, -0.1) is 0 Å². The lowest BCUT2D eigenvalue weighted by Crippen LogP contribution is -2.57. The zero-order valence-corrected chi connectivity index (χ0v) is 12.0. The van der Waals surface area contributed by atoms with E-state index in [0.29, 0.717) is 23.0 Å². The molecule has 0 aromatic heterocycles. The molecule has 1 heterocycles. The van der Waals surface area contributed by atoms with Gasteiger partial charge < -0.3 is 10.2 Å². The number of nitrogens with zero attached hydrogens (tertiary/aromatic N) is 1. The van der Waals surface area contributed by atoms with Crippen LogP contribution < -0.4 is 5.32 Å². The Morgan fingerprint density at radius 3 is 2.79 bits per heavy atom. The van der Waals surface area contributed by atoms with Crippen LogP contribution in [0.5, 0.6) is 0 Å². The summed E-state index contributed by atoms with van der Waals surface area (Å²) >= 11 is 12.1. The number of piperazine rings is 1. The molecule has 2 rings (SSSR count). The minimum atomic E-state index is -0.448. The van der Waals surface area contributed by atoms with Crippen LogP contribution in [-0.2, 0) is 16.1 Å². The van der Waals surface area contributed by atoms with Crippen molar-refractivity contribution in [3.05, 3.63) is 33.8 Å². The average Bonchev–Trinajstić information content (AvgIpc) is 2.39. The highest BCUT2D eigenvalue weighted by Gasteiger charge is 2.33. The average molecular weight is 301 g/mol. The van der Waals surface area contributed by atoms with Crippen LogP contribution in [0.1, 0.15) is 18.9 Å². The molecule has 2 amide bonds. The molecule has 102 valence electrons. The van der Waals surface area contributed by atoms with Crippen molar-refractivity contribution in [3.8, 4) is 0 Å². The second-order valence-electron chi connectivity index (χ2n) is 4.38. The van der Waals surface area contributed by atoms with Crippen LogP contribution in [0.4, 0.5) is 0 Å². The minimum absolute atomic E-state index is 0.0352. The molecule has 0 saturated carbocycles. The molecule has 0 radical (unpaired) electrons. The van der Waals surface area contributed by atoms with Crippen LogP contribution in [0, 0.1) is 0 Å². The van der Waals surface area contributed by atoms with E-state index in [1.54, 1.807) is 23.1 Å². The van der Waals surface area contributed by atoms with Crippen molar-refractivity contribution in [1.82, 2.24) is 10.2 Å². The van der Waals surface area contributed by atoms with Gasteiger partial charge in [-0.05, 0) is 18.1 Å². The first-order valence-corrected chi connectivity index (χ1v) is 6.80. The molecule has 4 nitrogen and oxygen atoms in total. The number of carbonyl (C=O) groups excluding carboxylic acids is 2. The zero-order chi connectivity index (χ0) is 14.0. The van der Waals surface area contributed by atoms with Crippen LogP contribution in [0.3, 0.4) is 0 Å². The molecular weight excluding hydrogens is 287 g/mol. The van der Waals surface area contributed by atoms with Gasteiger partial charge in [-0.3, -0.25) is 9.59 Å². The Labute approximate surface area is 121 Å². The maximum absolute atomic E-state index is 11.9. The standard InChI is InChI=1S/C13H14Cl2N2O2/c1-2-10-13(19)16-6-11(18)17(10)7-8-4-3-5-9(14)12(8)15/h3-5,10H,2,6-7H2,1H3,(H,16,19). The summed E-state index contributed by atoms with van der Waals surface area (Å²) in [5.41, 5.74) is 0.746. The number of amides is 2. The maximum atomic E-state index is 11.9. The van der Waals surface area contributed by atoms with E-state index < -0.39 is 6.04 Å². The van der Waals surface area contributed by atoms with Crippen LogP contribution >= 0.6 is 23.2 Å². The summed E-state index contributed by atoms with van der Waals surface area (Å²) in [5.74, 6) is -0.234. The Kier molecular flexibility index (Phi) is 4.32. The molecule has 0 spiro atoms. The lowest BCUT2D eigenvalue weighted by Gasteiger charge is -2.34. The van der Waals surface area contributed by atoms with E-state index in [-0.39, 0.29) is 18.4 Å². The number of rotatable bonds is 3. The molecule has 1 unspecified atom stereocenters. The second-order valence-corrected chi connectivity index (χ2v) is 5.16. The molecular formula is C13H14Cl2N2O2. The quantitative estimate of drug-likeness (QED) is 0.930. The molecule has 0 bridgehead atoms. The number of halogens is 2. The molecule has 1 atom stereocenters. The zero-order valence-electron chi connectivity index (χ0n) is 10.5. The largest absolute Gasteiger partial charge is 0.345 e. The van der Waals surface area contributed by atoms with E-state index in [1.807, 2.05) is 6.92 Å². The topological polar surface area (TPSA) is 49.4 Å². The molecule has 1 aliphatic rings. The van der Waals surface area contributed by atoms with Gasteiger partial charge in [-0.2, -0.15) is 0 Å². The fourth-order valence-electron chi connectivity index (χ4n) is 2.16. The van der Waals surface area contributed by atoms with Crippen molar-refractivity contribution in [3.63, 3.8) is 0 Å². The summed E-state index contributed by atoms with van der Waals surface area (Å²) in [6, 6.07) is 4.83. The first-order valence-electron chi connectivity index (χ1n) is 6.04. The van der Waals surface area contributed by atoms with Gasteiger partial charge in [-0.1, -0.05) is 42.3 Å². The Balaban J connectivity index is 2.26. The van der Waals surface area contributed by atoms with Gasteiger partial charge in [0, 0.05) is 6.54 Å². The molecule has 1 saturated heterocycles. The van der Waals surface area contributed by atoms with Crippen molar-refractivity contribution in [2.24, 2.45) is 0 Å². The van der Waals surface area contributed by atoms with Crippen molar-refractivity contribution in [2.45, 2.75) is 25.9 Å². The molecule has 1 aromatic carbocycles. The third-order valence-corrected chi connectivity index (χ3v) is 4.03. The Morgan fingerprint density at radius 2 is 2.11 bits per heavy atom. The third-order valence-electron chi connectivity index (χ3n) is 3.17. The van der Waals surface area contributed by atoms with Gasteiger partial charge in [-0.25, -0.2) is 0 Å². The summed E-state index contributed by atoms with van der Waals surface area (Å²) in [5, 5.41) is 3.46. The summed E-state index contributed by atoms with van der Waals surface area (Å²) < 4.78 is 0. The van der Waals surface area contributed by atoms with Gasteiger partial charge in [0.15, 0.2) is 0 Å². The van der Waals surface area contributed by atoms with E-state index in [4.69, 9.17) is 23.2 Å². The van der Waals surface area contributed by atoms with Crippen LogP contribution in [0.2, 0.25) is 10.0 Å². The molecule has 19 heavy (non-hydrogen) atoms. The van der Waals surface area contributed by atoms with E-state index in [9.17, 15) is 9.59 Å². The molecule has 1 aromatic rings. The SMILES string of the molecule is CCC1C(=O)NCC(=O)N1Cc1cccc(Cl)c1Cl. The molecule has 0 aliphatic carbocycles. The normalized spacial score (nSPS) is 19.5. The van der Waals surface area contributed by atoms with Crippen molar-refractivity contribution in [2.75, 3.05) is 6.54 Å².